The Morgan fingerprint density at radius 3 is 2.54 bits per heavy atom. The normalized spacial score (nSPS) is 11.4. The van der Waals surface area contributed by atoms with Gasteiger partial charge in [0.25, 0.3) is 0 Å². The van der Waals surface area contributed by atoms with Crippen LogP contribution in [0, 0.1) is 6.92 Å². The molecule has 0 fully saturated rings. The van der Waals surface area contributed by atoms with Gasteiger partial charge in [-0.1, -0.05) is 34.4 Å². The van der Waals surface area contributed by atoms with E-state index in [9.17, 15) is 4.79 Å². The SMILES string of the molecule is CO/N=C(\CCC(=O)Cc1ccc(C)nn1)c1ccc(Cl)c(Cl)c1. The summed E-state index contributed by atoms with van der Waals surface area (Å²) in [6, 6.07) is 8.83. The Balaban J connectivity index is 2.00. The molecule has 24 heavy (non-hydrogen) atoms. The Labute approximate surface area is 150 Å². The van der Waals surface area contributed by atoms with Crippen LogP contribution in [0.25, 0.3) is 0 Å². The fourth-order valence-electron chi connectivity index (χ4n) is 2.10. The summed E-state index contributed by atoms with van der Waals surface area (Å²) in [5.41, 5.74) is 2.89. The molecule has 0 radical (unpaired) electrons. The Bertz CT molecular complexity index is 746. The van der Waals surface area contributed by atoms with E-state index in [-0.39, 0.29) is 12.2 Å². The predicted octanol–water partition coefficient (Wildman–Crippen LogP) is 4.03. The number of Topliss-reactive ketones (excluding diaryl/α,β-unsaturated/α-hetero) is 1. The highest BCUT2D eigenvalue weighted by atomic mass is 35.5. The molecule has 0 bridgehead atoms. The number of aryl methyl sites for hydroxylation is 1. The van der Waals surface area contributed by atoms with E-state index < -0.39 is 0 Å². The number of rotatable bonds is 7. The van der Waals surface area contributed by atoms with Crippen molar-refractivity contribution in [2.45, 2.75) is 26.2 Å². The number of carbonyl (C=O) groups is 1. The number of hydrogen-bond acceptors (Lipinski definition) is 5. The van der Waals surface area contributed by atoms with Crippen molar-refractivity contribution in [3.63, 3.8) is 0 Å². The molecule has 0 aliphatic heterocycles. The summed E-state index contributed by atoms with van der Waals surface area (Å²) in [7, 11) is 1.46. The molecule has 1 aromatic heterocycles. The van der Waals surface area contributed by atoms with Crippen LogP contribution in [0.1, 0.15) is 29.8 Å². The lowest BCUT2D eigenvalue weighted by molar-refractivity contribution is -0.118. The lowest BCUT2D eigenvalue weighted by Gasteiger charge is -2.07. The van der Waals surface area contributed by atoms with E-state index >= 15 is 0 Å². The Morgan fingerprint density at radius 2 is 1.92 bits per heavy atom. The number of benzene rings is 1. The van der Waals surface area contributed by atoms with Crippen molar-refractivity contribution in [2.24, 2.45) is 5.16 Å². The average molecular weight is 366 g/mol. The molecule has 0 saturated carbocycles. The van der Waals surface area contributed by atoms with Crippen molar-refractivity contribution in [3.8, 4) is 0 Å². The zero-order valence-corrected chi connectivity index (χ0v) is 14.9. The molecule has 0 saturated heterocycles. The highest BCUT2D eigenvalue weighted by molar-refractivity contribution is 6.42. The van der Waals surface area contributed by atoms with Crippen LogP contribution in [0.15, 0.2) is 35.5 Å². The summed E-state index contributed by atoms with van der Waals surface area (Å²) in [6.45, 7) is 1.85. The molecule has 0 spiro atoms. The van der Waals surface area contributed by atoms with Crippen molar-refractivity contribution >= 4 is 34.7 Å². The molecule has 2 aromatic rings. The number of ketones is 1. The zero-order chi connectivity index (χ0) is 17.5. The predicted molar refractivity (Wildman–Crippen MR) is 94.7 cm³/mol. The average Bonchev–Trinajstić information content (AvgIpc) is 2.56. The van der Waals surface area contributed by atoms with E-state index in [1.807, 2.05) is 19.1 Å². The summed E-state index contributed by atoms with van der Waals surface area (Å²) < 4.78 is 0. The quantitative estimate of drug-likeness (QED) is 0.548. The zero-order valence-electron chi connectivity index (χ0n) is 13.4. The first kappa shape index (κ1) is 18.4. The second kappa shape index (κ2) is 8.76. The third-order valence-corrected chi connectivity index (χ3v) is 4.07. The first-order valence-corrected chi connectivity index (χ1v) is 8.11. The van der Waals surface area contributed by atoms with Crippen LogP contribution in [0.3, 0.4) is 0 Å². The van der Waals surface area contributed by atoms with Crippen LogP contribution in [-0.4, -0.2) is 28.8 Å². The first-order valence-electron chi connectivity index (χ1n) is 7.36. The van der Waals surface area contributed by atoms with Crippen molar-refractivity contribution in [2.75, 3.05) is 7.11 Å². The Kier molecular flexibility index (Phi) is 6.70. The minimum atomic E-state index is 0.0528. The minimum absolute atomic E-state index is 0.0528. The van der Waals surface area contributed by atoms with Gasteiger partial charge in [0.2, 0.25) is 0 Å². The van der Waals surface area contributed by atoms with Gasteiger partial charge in [-0.3, -0.25) is 4.79 Å². The Hall–Kier alpha value is -1.98. The van der Waals surface area contributed by atoms with Crippen LogP contribution in [0.2, 0.25) is 10.0 Å². The molecule has 0 N–H and O–H groups in total. The maximum atomic E-state index is 12.1. The molecule has 0 atom stereocenters. The minimum Gasteiger partial charge on any atom is -0.399 e. The molecule has 2 rings (SSSR count). The van der Waals surface area contributed by atoms with E-state index in [0.717, 1.165) is 11.3 Å². The molecule has 0 unspecified atom stereocenters. The van der Waals surface area contributed by atoms with Crippen LogP contribution < -0.4 is 0 Å². The van der Waals surface area contributed by atoms with Crippen molar-refractivity contribution < 1.29 is 9.63 Å². The molecule has 1 heterocycles. The molecule has 1 aromatic carbocycles. The maximum Gasteiger partial charge on any atom is 0.139 e. The van der Waals surface area contributed by atoms with Gasteiger partial charge in [0, 0.05) is 18.4 Å². The number of hydrogen-bond donors (Lipinski definition) is 0. The van der Waals surface area contributed by atoms with E-state index in [1.165, 1.54) is 7.11 Å². The van der Waals surface area contributed by atoms with Crippen molar-refractivity contribution in [1.82, 2.24) is 10.2 Å². The molecule has 0 aliphatic carbocycles. The van der Waals surface area contributed by atoms with Crippen LogP contribution in [0.4, 0.5) is 0 Å². The summed E-state index contributed by atoms with van der Waals surface area (Å²) in [5, 5.41) is 12.8. The van der Waals surface area contributed by atoms with E-state index in [2.05, 4.69) is 15.4 Å². The third-order valence-electron chi connectivity index (χ3n) is 3.33. The number of carbonyl (C=O) groups excluding carboxylic acids is 1. The van der Waals surface area contributed by atoms with Gasteiger partial charge >= 0.3 is 0 Å². The molecule has 0 amide bonds. The van der Waals surface area contributed by atoms with Crippen LogP contribution in [-0.2, 0) is 16.1 Å². The number of halogens is 2. The van der Waals surface area contributed by atoms with E-state index in [0.29, 0.717) is 34.3 Å². The number of oxime groups is 1. The Morgan fingerprint density at radius 1 is 1.12 bits per heavy atom. The molecule has 126 valence electrons. The van der Waals surface area contributed by atoms with E-state index in [4.69, 9.17) is 28.0 Å². The number of nitrogens with zero attached hydrogens (tertiary/aromatic N) is 3. The molecule has 5 nitrogen and oxygen atoms in total. The van der Waals surface area contributed by atoms with E-state index in [1.54, 1.807) is 18.2 Å². The smallest absolute Gasteiger partial charge is 0.139 e. The van der Waals surface area contributed by atoms with Gasteiger partial charge in [-0.25, -0.2) is 0 Å². The molecule has 0 aliphatic rings. The van der Waals surface area contributed by atoms with Crippen molar-refractivity contribution in [3.05, 3.63) is 57.3 Å². The van der Waals surface area contributed by atoms with Gasteiger partial charge in [-0.05, 0) is 31.2 Å². The van der Waals surface area contributed by atoms with Gasteiger partial charge in [0.1, 0.15) is 12.9 Å². The lowest BCUT2D eigenvalue weighted by atomic mass is 10.0. The van der Waals surface area contributed by atoms with Crippen molar-refractivity contribution in [1.29, 1.82) is 0 Å². The second-order valence-electron chi connectivity index (χ2n) is 5.23. The second-order valence-corrected chi connectivity index (χ2v) is 6.05. The topological polar surface area (TPSA) is 64.4 Å². The monoisotopic (exact) mass is 365 g/mol. The molecular weight excluding hydrogens is 349 g/mol. The summed E-state index contributed by atoms with van der Waals surface area (Å²) in [4.78, 5) is 17.0. The lowest BCUT2D eigenvalue weighted by Crippen LogP contribution is -2.10. The summed E-state index contributed by atoms with van der Waals surface area (Å²) in [6.07, 6.45) is 0.997. The molecular formula is C17H17Cl2N3O2. The maximum absolute atomic E-state index is 12.1. The van der Waals surface area contributed by atoms with Gasteiger partial charge in [-0.2, -0.15) is 10.2 Å². The summed E-state index contributed by atoms with van der Waals surface area (Å²) in [5.74, 6) is 0.0528. The fraction of sp³-hybridized carbons (Fsp3) is 0.294. The molecule has 7 heteroatoms. The highest BCUT2D eigenvalue weighted by Gasteiger charge is 2.12. The van der Waals surface area contributed by atoms with Crippen LogP contribution >= 0.6 is 23.2 Å². The standard InChI is InChI=1S/C17H17Cl2N3O2/c1-11-3-5-13(21-20-11)10-14(23)6-8-17(22-24-2)12-4-7-15(18)16(19)9-12/h3-5,7,9H,6,8,10H2,1-2H3/b22-17+. The van der Waals surface area contributed by atoms with Crippen LogP contribution in [0.5, 0.6) is 0 Å². The highest BCUT2D eigenvalue weighted by Crippen LogP contribution is 2.23. The van der Waals surface area contributed by atoms with Gasteiger partial charge < -0.3 is 4.84 Å². The van der Waals surface area contributed by atoms with Gasteiger partial charge in [0.05, 0.1) is 33.6 Å². The number of aromatic nitrogens is 2. The van der Waals surface area contributed by atoms with Gasteiger partial charge in [0.15, 0.2) is 0 Å². The summed E-state index contributed by atoms with van der Waals surface area (Å²) >= 11 is 12.0. The fourth-order valence-corrected chi connectivity index (χ4v) is 2.40. The first-order chi connectivity index (χ1) is 11.5. The van der Waals surface area contributed by atoms with Gasteiger partial charge in [-0.15, -0.1) is 0 Å². The largest absolute Gasteiger partial charge is 0.399 e. The third kappa shape index (κ3) is 5.28.